The van der Waals surface area contributed by atoms with Crippen LogP contribution in [0, 0.1) is 5.92 Å². The molecule has 6 nitrogen and oxygen atoms in total. The van der Waals surface area contributed by atoms with Crippen molar-refractivity contribution in [2.75, 3.05) is 18.8 Å². The summed E-state index contributed by atoms with van der Waals surface area (Å²) in [4.78, 5) is 12.3. The summed E-state index contributed by atoms with van der Waals surface area (Å²) < 4.78 is 26.8. The number of nitrogens with one attached hydrogen (secondary N) is 2. The number of nitrogens with two attached hydrogens (primary N) is 1. The van der Waals surface area contributed by atoms with Crippen molar-refractivity contribution in [3.05, 3.63) is 59.7 Å². The van der Waals surface area contributed by atoms with Gasteiger partial charge in [0, 0.05) is 24.3 Å². The van der Waals surface area contributed by atoms with Crippen LogP contribution in [0.3, 0.4) is 0 Å². The number of amides is 1. The Morgan fingerprint density at radius 1 is 1.04 bits per heavy atom. The van der Waals surface area contributed by atoms with Gasteiger partial charge in [-0.25, -0.2) is 13.1 Å². The Labute approximate surface area is 167 Å². The minimum Gasteiger partial charge on any atom is -0.399 e. The number of hydrogen-bond donors (Lipinski definition) is 3. The van der Waals surface area contributed by atoms with Gasteiger partial charge >= 0.3 is 0 Å². The smallest absolute Gasteiger partial charge is 0.251 e. The van der Waals surface area contributed by atoms with Gasteiger partial charge in [0.1, 0.15) is 0 Å². The van der Waals surface area contributed by atoms with E-state index in [1.54, 1.807) is 0 Å². The molecule has 0 atom stereocenters. The second-order valence-electron chi connectivity index (χ2n) is 6.52. The summed E-state index contributed by atoms with van der Waals surface area (Å²) in [6.45, 7) is 4.72. The van der Waals surface area contributed by atoms with Crippen LogP contribution in [0.4, 0.5) is 5.69 Å². The van der Waals surface area contributed by atoms with Gasteiger partial charge in [0.05, 0.1) is 4.90 Å². The fraction of sp³-hybridized carbons (Fsp3) is 0.316. The maximum absolute atomic E-state index is 12.2. The van der Waals surface area contributed by atoms with Crippen LogP contribution in [0.2, 0.25) is 0 Å². The van der Waals surface area contributed by atoms with Crippen LogP contribution < -0.4 is 15.8 Å². The SMILES string of the molecule is CC(C)CNS(=O)(=O)c1ccc(C(=O)NCCc2ccc(N)cc2)cc1.Cl. The molecule has 0 bridgehead atoms. The molecule has 4 N–H and O–H groups in total. The molecule has 2 rings (SSSR count). The fourth-order valence-corrected chi connectivity index (χ4v) is 3.47. The van der Waals surface area contributed by atoms with Crippen LogP contribution in [-0.2, 0) is 16.4 Å². The lowest BCUT2D eigenvalue weighted by Gasteiger charge is -2.10. The average Bonchev–Trinajstić information content (AvgIpc) is 2.62. The third kappa shape index (κ3) is 7.21. The Balaban J connectivity index is 0.00000364. The number of carbonyl (C=O) groups excluding carboxylic acids is 1. The molecular formula is C19H26ClN3O3S. The topological polar surface area (TPSA) is 101 Å². The van der Waals surface area contributed by atoms with E-state index in [-0.39, 0.29) is 29.1 Å². The molecule has 148 valence electrons. The number of anilines is 1. The Morgan fingerprint density at radius 2 is 1.63 bits per heavy atom. The number of sulfonamides is 1. The van der Waals surface area contributed by atoms with Crippen LogP contribution in [0.5, 0.6) is 0 Å². The van der Waals surface area contributed by atoms with Crippen LogP contribution >= 0.6 is 12.4 Å². The Morgan fingerprint density at radius 3 is 2.19 bits per heavy atom. The summed E-state index contributed by atoms with van der Waals surface area (Å²) in [5, 5.41) is 2.83. The second-order valence-corrected chi connectivity index (χ2v) is 8.28. The van der Waals surface area contributed by atoms with Crippen molar-refractivity contribution in [2.24, 2.45) is 5.92 Å². The first-order valence-electron chi connectivity index (χ1n) is 8.50. The second kappa shape index (κ2) is 10.3. The van der Waals surface area contributed by atoms with Gasteiger partial charge in [0.2, 0.25) is 10.0 Å². The zero-order valence-electron chi connectivity index (χ0n) is 15.4. The van der Waals surface area contributed by atoms with Crippen molar-refractivity contribution in [3.8, 4) is 0 Å². The lowest BCUT2D eigenvalue weighted by atomic mass is 10.1. The monoisotopic (exact) mass is 411 g/mol. The normalized spacial score (nSPS) is 11.1. The number of hydrogen-bond acceptors (Lipinski definition) is 4. The maximum Gasteiger partial charge on any atom is 0.251 e. The minimum atomic E-state index is -3.55. The third-order valence-electron chi connectivity index (χ3n) is 3.79. The Kier molecular flexibility index (Phi) is 8.75. The van der Waals surface area contributed by atoms with E-state index in [0.717, 1.165) is 5.56 Å². The molecule has 0 spiro atoms. The molecule has 0 aromatic heterocycles. The summed E-state index contributed by atoms with van der Waals surface area (Å²) >= 11 is 0. The van der Waals surface area contributed by atoms with E-state index in [0.29, 0.717) is 30.8 Å². The van der Waals surface area contributed by atoms with E-state index >= 15 is 0 Å². The molecule has 2 aromatic carbocycles. The lowest BCUT2D eigenvalue weighted by Crippen LogP contribution is -2.28. The van der Waals surface area contributed by atoms with E-state index in [1.807, 2.05) is 38.1 Å². The predicted molar refractivity (Wildman–Crippen MR) is 111 cm³/mol. The van der Waals surface area contributed by atoms with Gasteiger partial charge in [-0.15, -0.1) is 12.4 Å². The summed E-state index contributed by atoms with van der Waals surface area (Å²) in [6, 6.07) is 13.4. The van der Waals surface area contributed by atoms with Gasteiger partial charge in [-0.2, -0.15) is 0 Å². The Bertz CT molecular complexity index is 836. The largest absolute Gasteiger partial charge is 0.399 e. The van der Waals surface area contributed by atoms with Crippen molar-refractivity contribution in [1.82, 2.24) is 10.0 Å². The molecule has 0 saturated heterocycles. The maximum atomic E-state index is 12.2. The van der Waals surface area contributed by atoms with Crippen LogP contribution in [0.25, 0.3) is 0 Å². The molecule has 0 aliphatic heterocycles. The quantitative estimate of drug-likeness (QED) is 0.581. The highest BCUT2D eigenvalue weighted by atomic mass is 35.5. The first-order valence-corrected chi connectivity index (χ1v) is 9.98. The number of nitrogen functional groups attached to an aromatic ring is 1. The van der Waals surface area contributed by atoms with E-state index in [9.17, 15) is 13.2 Å². The molecule has 0 aliphatic carbocycles. The molecule has 0 saturated carbocycles. The number of carbonyl (C=O) groups is 1. The lowest BCUT2D eigenvalue weighted by molar-refractivity contribution is 0.0954. The van der Waals surface area contributed by atoms with Crippen molar-refractivity contribution >= 4 is 34.0 Å². The van der Waals surface area contributed by atoms with Crippen molar-refractivity contribution in [1.29, 1.82) is 0 Å². The van der Waals surface area contributed by atoms with Gasteiger partial charge in [-0.05, 0) is 54.3 Å². The number of halogens is 1. The van der Waals surface area contributed by atoms with Gasteiger partial charge in [-0.1, -0.05) is 26.0 Å². The molecule has 27 heavy (non-hydrogen) atoms. The van der Waals surface area contributed by atoms with Crippen molar-refractivity contribution < 1.29 is 13.2 Å². The standard InChI is InChI=1S/C19H25N3O3S.ClH/c1-14(2)13-22-26(24,25)18-9-5-16(6-10-18)19(23)21-12-11-15-3-7-17(20)8-4-15;/h3-10,14,22H,11-13,20H2,1-2H3,(H,21,23);1H. The molecule has 2 aromatic rings. The summed E-state index contributed by atoms with van der Waals surface area (Å²) in [5.41, 5.74) is 7.85. The van der Waals surface area contributed by atoms with Gasteiger partial charge in [-0.3, -0.25) is 4.79 Å². The highest BCUT2D eigenvalue weighted by molar-refractivity contribution is 7.89. The van der Waals surface area contributed by atoms with E-state index in [4.69, 9.17) is 5.73 Å². The fourth-order valence-electron chi connectivity index (χ4n) is 2.25. The van der Waals surface area contributed by atoms with Gasteiger partial charge in [0.25, 0.3) is 5.91 Å². The Hall–Kier alpha value is -2.09. The highest BCUT2D eigenvalue weighted by Gasteiger charge is 2.15. The van der Waals surface area contributed by atoms with E-state index in [2.05, 4.69) is 10.0 Å². The van der Waals surface area contributed by atoms with Crippen molar-refractivity contribution in [3.63, 3.8) is 0 Å². The average molecular weight is 412 g/mol. The molecule has 0 radical (unpaired) electrons. The predicted octanol–water partition coefficient (Wildman–Crippen LogP) is 2.60. The first-order chi connectivity index (χ1) is 12.3. The molecule has 0 heterocycles. The van der Waals surface area contributed by atoms with Crippen LogP contribution in [0.15, 0.2) is 53.4 Å². The molecule has 0 fully saturated rings. The molecule has 0 aliphatic rings. The van der Waals surface area contributed by atoms with E-state index in [1.165, 1.54) is 24.3 Å². The van der Waals surface area contributed by atoms with E-state index < -0.39 is 10.0 Å². The summed E-state index contributed by atoms with van der Waals surface area (Å²) in [7, 11) is -3.55. The minimum absolute atomic E-state index is 0. The van der Waals surface area contributed by atoms with Crippen LogP contribution in [0.1, 0.15) is 29.8 Å². The first kappa shape index (κ1) is 23.0. The van der Waals surface area contributed by atoms with Gasteiger partial charge in [0.15, 0.2) is 0 Å². The summed E-state index contributed by atoms with van der Waals surface area (Å²) in [6.07, 6.45) is 0.692. The van der Waals surface area contributed by atoms with Gasteiger partial charge < -0.3 is 11.1 Å². The summed E-state index contributed by atoms with van der Waals surface area (Å²) in [5.74, 6) is -0.0181. The zero-order chi connectivity index (χ0) is 19.2. The number of benzene rings is 2. The molecule has 8 heteroatoms. The van der Waals surface area contributed by atoms with Crippen LogP contribution in [-0.4, -0.2) is 27.4 Å². The zero-order valence-corrected chi connectivity index (χ0v) is 17.1. The highest BCUT2D eigenvalue weighted by Crippen LogP contribution is 2.11. The van der Waals surface area contributed by atoms with Crippen molar-refractivity contribution in [2.45, 2.75) is 25.2 Å². The molecule has 1 amide bonds. The number of rotatable bonds is 8. The molecule has 0 unspecified atom stereocenters. The third-order valence-corrected chi connectivity index (χ3v) is 5.23. The molecular weight excluding hydrogens is 386 g/mol.